The van der Waals surface area contributed by atoms with Gasteiger partial charge in [0.1, 0.15) is 0 Å². The van der Waals surface area contributed by atoms with Crippen molar-refractivity contribution in [3.63, 3.8) is 0 Å². The van der Waals surface area contributed by atoms with Crippen molar-refractivity contribution in [1.29, 1.82) is 0 Å². The fourth-order valence-corrected chi connectivity index (χ4v) is 3.37. The molecule has 22 heavy (non-hydrogen) atoms. The maximum atomic E-state index is 9.44. The van der Waals surface area contributed by atoms with Crippen molar-refractivity contribution in [2.75, 3.05) is 25.6 Å². The summed E-state index contributed by atoms with van der Waals surface area (Å²) >= 11 is 1.72. The molecule has 0 radical (unpaired) electrons. The van der Waals surface area contributed by atoms with Gasteiger partial charge in [0, 0.05) is 17.6 Å². The van der Waals surface area contributed by atoms with Gasteiger partial charge >= 0.3 is 0 Å². The molecule has 6 heteroatoms. The first-order valence-electron chi connectivity index (χ1n) is 7.37. The minimum Gasteiger partial charge on any atom is -0.396 e. The summed E-state index contributed by atoms with van der Waals surface area (Å²) in [6, 6.07) is 10.1. The van der Waals surface area contributed by atoms with Crippen LogP contribution in [0.4, 0.5) is 0 Å². The monoisotopic (exact) mass is 320 g/mol. The molecule has 1 aliphatic rings. The normalized spacial score (nSPS) is 17.9. The lowest BCUT2D eigenvalue weighted by Gasteiger charge is -2.39. The highest BCUT2D eigenvalue weighted by molar-refractivity contribution is 7.99. The van der Waals surface area contributed by atoms with Gasteiger partial charge in [-0.2, -0.15) is 4.98 Å². The van der Waals surface area contributed by atoms with Crippen LogP contribution in [-0.2, 0) is 11.2 Å². The third-order valence-electron chi connectivity index (χ3n) is 3.83. The van der Waals surface area contributed by atoms with Crippen LogP contribution in [-0.4, -0.2) is 40.8 Å². The van der Waals surface area contributed by atoms with Crippen LogP contribution in [0, 0.1) is 5.41 Å². The Labute approximate surface area is 134 Å². The number of aromatic nitrogens is 2. The molecule has 118 valence electrons. The Morgan fingerprint density at radius 2 is 2.09 bits per heavy atom. The second-order valence-electron chi connectivity index (χ2n) is 5.82. The number of hydrogen-bond acceptors (Lipinski definition) is 6. The summed E-state index contributed by atoms with van der Waals surface area (Å²) < 4.78 is 10.6. The summed E-state index contributed by atoms with van der Waals surface area (Å²) in [5.41, 5.74) is 1.08. The number of nitrogens with zero attached hydrogens (tertiary/aromatic N) is 2. The van der Waals surface area contributed by atoms with Gasteiger partial charge in [0.25, 0.3) is 0 Å². The number of rotatable bonds is 7. The predicted molar refractivity (Wildman–Crippen MR) is 84.8 cm³/mol. The van der Waals surface area contributed by atoms with Crippen LogP contribution in [0.3, 0.4) is 0 Å². The molecule has 1 saturated heterocycles. The zero-order valence-corrected chi connectivity index (χ0v) is 13.4. The number of aliphatic hydroxyl groups excluding tert-OH is 1. The van der Waals surface area contributed by atoms with E-state index in [9.17, 15) is 5.11 Å². The van der Waals surface area contributed by atoms with E-state index in [1.54, 1.807) is 11.8 Å². The zero-order chi connectivity index (χ0) is 15.4. The second kappa shape index (κ2) is 6.81. The molecule has 1 aromatic heterocycles. The lowest BCUT2D eigenvalue weighted by molar-refractivity contribution is -0.121. The molecule has 1 aromatic carbocycles. The van der Waals surface area contributed by atoms with E-state index in [4.69, 9.17) is 9.26 Å². The molecule has 0 saturated carbocycles. The molecule has 3 rings (SSSR count). The van der Waals surface area contributed by atoms with Crippen molar-refractivity contribution < 1.29 is 14.4 Å². The van der Waals surface area contributed by atoms with E-state index in [0.29, 0.717) is 31.3 Å². The smallest absolute Gasteiger partial charge is 0.239 e. The number of aliphatic hydroxyl groups is 1. The average Bonchev–Trinajstić information content (AvgIpc) is 2.96. The van der Waals surface area contributed by atoms with Crippen molar-refractivity contribution >= 4 is 11.8 Å². The van der Waals surface area contributed by atoms with Gasteiger partial charge in [0.05, 0.1) is 25.1 Å². The SMILES string of the molecule is CC(SCC1(CO)COC1)c1nc(Cc2ccccc2)no1. The van der Waals surface area contributed by atoms with Crippen LogP contribution in [0.25, 0.3) is 0 Å². The van der Waals surface area contributed by atoms with E-state index in [1.807, 2.05) is 18.2 Å². The van der Waals surface area contributed by atoms with E-state index in [-0.39, 0.29) is 17.3 Å². The van der Waals surface area contributed by atoms with Gasteiger partial charge in [-0.25, -0.2) is 0 Å². The molecule has 5 nitrogen and oxygen atoms in total. The van der Waals surface area contributed by atoms with Crippen LogP contribution >= 0.6 is 11.8 Å². The van der Waals surface area contributed by atoms with E-state index >= 15 is 0 Å². The van der Waals surface area contributed by atoms with Crippen molar-refractivity contribution in [2.45, 2.75) is 18.6 Å². The van der Waals surface area contributed by atoms with Crippen molar-refractivity contribution in [1.82, 2.24) is 10.1 Å². The van der Waals surface area contributed by atoms with Crippen molar-refractivity contribution in [3.8, 4) is 0 Å². The minimum absolute atomic E-state index is 0.0915. The molecular formula is C16H20N2O3S. The van der Waals surface area contributed by atoms with E-state index in [1.165, 1.54) is 5.56 Å². The summed E-state index contributed by atoms with van der Waals surface area (Å²) in [4.78, 5) is 4.48. The maximum Gasteiger partial charge on any atom is 0.239 e. The van der Waals surface area contributed by atoms with Gasteiger partial charge < -0.3 is 14.4 Å². The molecule has 1 atom stereocenters. The van der Waals surface area contributed by atoms with Crippen LogP contribution < -0.4 is 0 Å². The van der Waals surface area contributed by atoms with E-state index < -0.39 is 0 Å². The highest BCUT2D eigenvalue weighted by Crippen LogP contribution is 2.37. The van der Waals surface area contributed by atoms with Gasteiger partial charge in [0.2, 0.25) is 5.89 Å². The Kier molecular flexibility index (Phi) is 4.81. The standard InChI is InChI=1S/C16H20N2O3S/c1-12(22-11-16(8-19)9-20-10-16)15-17-14(18-21-15)7-13-5-3-2-4-6-13/h2-6,12,19H,7-11H2,1H3. The third-order valence-corrected chi connectivity index (χ3v) is 5.31. The molecule has 1 N–H and O–H groups in total. The van der Waals surface area contributed by atoms with Crippen molar-refractivity contribution in [2.24, 2.45) is 5.41 Å². The fraction of sp³-hybridized carbons (Fsp3) is 0.500. The average molecular weight is 320 g/mol. The van der Waals surface area contributed by atoms with Gasteiger partial charge in [0.15, 0.2) is 5.82 Å². The topological polar surface area (TPSA) is 68.4 Å². The van der Waals surface area contributed by atoms with Crippen molar-refractivity contribution in [3.05, 3.63) is 47.6 Å². The number of ether oxygens (including phenoxy) is 1. The molecule has 2 aromatic rings. The van der Waals surface area contributed by atoms with Gasteiger partial charge in [-0.3, -0.25) is 0 Å². The van der Waals surface area contributed by atoms with E-state index in [2.05, 4.69) is 29.2 Å². The van der Waals surface area contributed by atoms with E-state index in [0.717, 1.165) is 5.75 Å². The van der Waals surface area contributed by atoms with Crippen LogP contribution in [0.1, 0.15) is 29.5 Å². The summed E-state index contributed by atoms with van der Waals surface area (Å²) in [5.74, 6) is 2.18. The summed E-state index contributed by atoms with van der Waals surface area (Å²) in [6.07, 6.45) is 0.677. The minimum atomic E-state index is -0.0915. The molecule has 2 heterocycles. The Morgan fingerprint density at radius 3 is 2.73 bits per heavy atom. The van der Waals surface area contributed by atoms with Crippen LogP contribution in [0.2, 0.25) is 0 Å². The molecular weight excluding hydrogens is 300 g/mol. The first-order chi connectivity index (χ1) is 10.7. The fourth-order valence-electron chi connectivity index (χ4n) is 2.27. The Morgan fingerprint density at radius 1 is 1.32 bits per heavy atom. The van der Waals surface area contributed by atoms with Gasteiger partial charge in [-0.15, -0.1) is 11.8 Å². The lowest BCUT2D eigenvalue weighted by atomic mass is 9.90. The first kappa shape index (κ1) is 15.5. The summed E-state index contributed by atoms with van der Waals surface area (Å²) in [7, 11) is 0. The molecule has 1 fully saturated rings. The lowest BCUT2D eigenvalue weighted by Crippen LogP contribution is -2.47. The second-order valence-corrected chi connectivity index (χ2v) is 7.14. The Bertz CT molecular complexity index is 593. The number of hydrogen-bond donors (Lipinski definition) is 1. The molecule has 1 unspecified atom stereocenters. The predicted octanol–water partition coefficient (Wildman–Crippen LogP) is 2.46. The summed E-state index contributed by atoms with van der Waals surface area (Å²) in [5, 5.41) is 13.6. The highest BCUT2D eigenvalue weighted by atomic mass is 32.2. The van der Waals surface area contributed by atoms with Gasteiger partial charge in [-0.05, 0) is 12.5 Å². The summed E-state index contributed by atoms with van der Waals surface area (Å²) in [6.45, 7) is 3.48. The van der Waals surface area contributed by atoms with Gasteiger partial charge in [-0.1, -0.05) is 35.5 Å². The van der Waals surface area contributed by atoms with Crippen LogP contribution in [0.15, 0.2) is 34.9 Å². The Hall–Kier alpha value is -1.37. The molecule has 0 spiro atoms. The highest BCUT2D eigenvalue weighted by Gasteiger charge is 2.38. The molecule has 0 bridgehead atoms. The molecule has 0 aliphatic carbocycles. The molecule has 0 amide bonds. The third kappa shape index (κ3) is 3.51. The first-order valence-corrected chi connectivity index (χ1v) is 8.42. The largest absolute Gasteiger partial charge is 0.396 e. The number of thioether (sulfide) groups is 1. The van der Waals surface area contributed by atoms with Crippen LogP contribution in [0.5, 0.6) is 0 Å². The maximum absolute atomic E-state index is 9.44. The quantitative estimate of drug-likeness (QED) is 0.845. The number of benzene rings is 1. The Balaban J connectivity index is 1.56. The zero-order valence-electron chi connectivity index (χ0n) is 12.6. The molecule has 1 aliphatic heterocycles.